The van der Waals surface area contributed by atoms with E-state index in [2.05, 4.69) is 0 Å². The molecule has 1 aliphatic carbocycles. The third-order valence-electron chi connectivity index (χ3n) is 6.36. The summed E-state index contributed by atoms with van der Waals surface area (Å²) in [5.41, 5.74) is 17.4. The Morgan fingerprint density at radius 2 is 1.34 bits per heavy atom. The lowest BCUT2D eigenvalue weighted by molar-refractivity contribution is -0.330. The summed E-state index contributed by atoms with van der Waals surface area (Å²) in [5, 5.41) is 70.6. The molecule has 14 nitrogen and oxygen atoms in total. The zero-order valence-corrected chi connectivity index (χ0v) is 17.4. The lowest BCUT2D eigenvalue weighted by Crippen LogP contribution is -2.65. The van der Waals surface area contributed by atoms with Gasteiger partial charge in [-0.2, -0.15) is 0 Å². The Hall–Kier alpha value is -0.560. The third-order valence-corrected chi connectivity index (χ3v) is 6.36. The molecule has 1 saturated carbocycles. The summed E-state index contributed by atoms with van der Waals surface area (Å²) in [6.07, 6.45) is -15.0. The number of ether oxygens (including phenoxy) is 4. The van der Waals surface area contributed by atoms with E-state index >= 15 is 0 Å². The van der Waals surface area contributed by atoms with Crippen LogP contribution in [0.5, 0.6) is 0 Å². The Kier molecular flexibility index (Phi) is 8.79. The van der Waals surface area contributed by atoms with Gasteiger partial charge in [0, 0.05) is 12.6 Å². The zero-order chi connectivity index (χ0) is 23.7. The molecule has 0 amide bonds. The lowest BCUT2D eigenvalue weighted by Gasteiger charge is -2.46. The van der Waals surface area contributed by atoms with E-state index in [4.69, 9.17) is 36.1 Å². The highest BCUT2D eigenvalue weighted by Gasteiger charge is 2.49. The molecule has 3 aliphatic rings. The molecule has 0 unspecified atom stereocenters. The van der Waals surface area contributed by atoms with E-state index in [0.29, 0.717) is 6.42 Å². The van der Waals surface area contributed by atoms with Gasteiger partial charge in [-0.3, -0.25) is 0 Å². The first-order chi connectivity index (χ1) is 15.1. The van der Waals surface area contributed by atoms with Crippen molar-refractivity contribution in [3.05, 3.63) is 0 Å². The molecule has 0 spiro atoms. The van der Waals surface area contributed by atoms with Crippen LogP contribution in [-0.2, 0) is 18.9 Å². The summed E-state index contributed by atoms with van der Waals surface area (Å²) in [6, 6.07) is -1.83. The molecule has 13 N–H and O–H groups in total. The minimum Gasteiger partial charge on any atom is -0.394 e. The van der Waals surface area contributed by atoms with Crippen LogP contribution in [-0.4, -0.2) is 135 Å². The maximum absolute atomic E-state index is 10.8. The van der Waals surface area contributed by atoms with Gasteiger partial charge in [0.2, 0.25) is 0 Å². The number of aliphatic hydroxyl groups excluding tert-OH is 7. The minimum atomic E-state index is -1.62. The van der Waals surface area contributed by atoms with Crippen molar-refractivity contribution in [3.8, 4) is 0 Å². The van der Waals surface area contributed by atoms with Crippen LogP contribution >= 0.6 is 0 Å². The van der Waals surface area contributed by atoms with Crippen molar-refractivity contribution in [2.24, 2.45) is 17.2 Å². The Morgan fingerprint density at radius 3 is 1.97 bits per heavy atom. The molecule has 2 saturated heterocycles. The van der Waals surface area contributed by atoms with Gasteiger partial charge < -0.3 is 71.9 Å². The first-order valence-corrected chi connectivity index (χ1v) is 10.6. The lowest BCUT2D eigenvalue weighted by atomic mass is 9.87. The molecule has 14 atom stereocenters. The van der Waals surface area contributed by atoms with Crippen LogP contribution < -0.4 is 17.2 Å². The number of hydrogen-bond donors (Lipinski definition) is 10. The van der Waals surface area contributed by atoms with Crippen LogP contribution in [0, 0.1) is 0 Å². The predicted molar refractivity (Wildman–Crippen MR) is 104 cm³/mol. The summed E-state index contributed by atoms with van der Waals surface area (Å²) < 4.78 is 22.2. The zero-order valence-electron chi connectivity index (χ0n) is 17.4. The SMILES string of the molecule is NC[C@H]1O[C@H](O[C@H]2[C@H](O)[C@@H](O[C@H]3O[C@H](CO)[C@@H](O)[C@H](N)[C@H]3O)CC[C@@H]2N)[C@H](O)[C@@H](O)[C@@H]1O. The van der Waals surface area contributed by atoms with Crippen LogP contribution in [0.3, 0.4) is 0 Å². The van der Waals surface area contributed by atoms with Gasteiger partial charge in [0.05, 0.1) is 18.8 Å². The molecule has 0 aromatic heterocycles. The van der Waals surface area contributed by atoms with E-state index < -0.39 is 92.3 Å². The van der Waals surface area contributed by atoms with Crippen molar-refractivity contribution >= 4 is 0 Å². The molecular weight excluding hydrogens is 434 g/mol. The van der Waals surface area contributed by atoms with Gasteiger partial charge in [0.25, 0.3) is 0 Å². The Balaban J connectivity index is 1.67. The molecule has 188 valence electrons. The second-order valence-electron chi connectivity index (χ2n) is 8.54. The summed E-state index contributed by atoms with van der Waals surface area (Å²) in [4.78, 5) is 0. The molecule has 0 radical (unpaired) electrons. The average Bonchev–Trinajstić information content (AvgIpc) is 2.78. The number of rotatable bonds is 6. The van der Waals surface area contributed by atoms with Crippen LogP contribution in [0.25, 0.3) is 0 Å². The molecule has 3 fully saturated rings. The maximum atomic E-state index is 10.8. The highest BCUT2D eigenvalue weighted by Crippen LogP contribution is 2.31. The minimum absolute atomic E-state index is 0.148. The molecular formula is C18H35N3O11. The van der Waals surface area contributed by atoms with Gasteiger partial charge in [-0.25, -0.2) is 0 Å². The average molecular weight is 469 g/mol. The number of hydrogen-bond acceptors (Lipinski definition) is 14. The summed E-state index contributed by atoms with van der Waals surface area (Å²) in [6.45, 7) is -0.705. The third kappa shape index (κ3) is 5.08. The maximum Gasteiger partial charge on any atom is 0.187 e. The van der Waals surface area contributed by atoms with Crippen molar-refractivity contribution in [1.82, 2.24) is 0 Å². The van der Waals surface area contributed by atoms with E-state index in [1.165, 1.54) is 0 Å². The highest BCUT2D eigenvalue weighted by molar-refractivity contribution is 4.97. The largest absolute Gasteiger partial charge is 0.394 e. The molecule has 3 rings (SSSR count). The first kappa shape index (κ1) is 26.1. The Labute approximate surface area is 184 Å². The van der Waals surface area contributed by atoms with E-state index in [9.17, 15) is 35.7 Å². The molecule has 32 heavy (non-hydrogen) atoms. The molecule has 0 aromatic rings. The van der Waals surface area contributed by atoms with Gasteiger partial charge in [-0.1, -0.05) is 0 Å². The summed E-state index contributed by atoms with van der Waals surface area (Å²) in [5.74, 6) is 0. The van der Waals surface area contributed by atoms with Gasteiger partial charge >= 0.3 is 0 Å². The number of nitrogens with two attached hydrogens (primary N) is 3. The van der Waals surface area contributed by atoms with E-state index in [1.54, 1.807) is 0 Å². The van der Waals surface area contributed by atoms with Crippen molar-refractivity contribution in [2.75, 3.05) is 13.2 Å². The fourth-order valence-electron chi connectivity index (χ4n) is 4.27. The van der Waals surface area contributed by atoms with E-state index in [1.807, 2.05) is 0 Å². The van der Waals surface area contributed by atoms with Crippen LogP contribution in [0.1, 0.15) is 12.8 Å². The Bertz CT molecular complexity index is 603. The first-order valence-electron chi connectivity index (χ1n) is 10.6. The smallest absolute Gasteiger partial charge is 0.187 e. The molecule has 14 heteroatoms. The molecule has 2 aliphatic heterocycles. The van der Waals surface area contributed by atoms with Gasteiger partial charge in [-0.05, 0) is 12.8 Å². The van der Waals surface area contributed by atoms with E-state index in [-0.39, 0.29) is 13.0 Å². The van der Waals surface area contributed by atoms with Crippen molar-refractivity contribution < 1.29 is 54.7 Å². The van der Waals surface area contributed by atoms with Crippen molar-refractivity contribution in [3.63, 3.8) is 0 Å². The predicted octanol–water partition coefficient (Wildman–Crippen LogP) is -6.23. The van der Waals surface area contributed by atoms with Crippen LogP contribution in [0.4, 0.5) is 0 Å². The second kappa shape index (κ2) is 10.8. The van der Waals surface area contributed by atoms with Crippen molar-refractivity contribution in [1.29, 1.82) is 0 Å². The van der Waals surface area contributed by atoms with Gasteiger partial charge in [-0.15, -0.1) is 0 Å². The van der Waals surface area contributed by atoms with Gasteiger partial charge in [0.15, 0.2) is 12.6 Å². The molecule has 0 aromatic carbocycles. The quantitative estimate of drug-likeness (QED) is 0.174. The second-order valence-corrected chi connectivity index (χ2v) is 8.54. The van der Waals surface area contributed by atoms with Crippen LogP contribution in [0.2, 0.25) is 0 Å². The van der Waals surface area contributed by atoms with Crippen molar-refractivity contribution in [2.45, 2.75) is 98.5 Å². The fraction of sp³-hybridized carbons (Fsp3) is 1.00. The highest BCUT2D eigenvalue weighted by atomic mass is 16.7. The summed E-state index contributed by atoms with van der Waals surface area (Å²) >= 11 is 0. The normalized spacial score (nSPS) is 52.7. The van der Waals surface area contributed by atoms with Gasteiger partial charge in [0.1, 0.15) is 54.9 Å². The topological polar surface area (TPSA) is 257 Å². The standard InChI is InChI=1S/C18H35N3O11/c19-3-7-11(24)14(27)15(28)18(30-7)32-16-5(20)1-2-6(12(16)25)29-17-13(26)9(21)10(23)8(4-22)31-17/h5-18,22-28H,1-4,19-21H2/t5-,6-,7+,8+,9-,10+,11+,12+,13+,14-,15+,16+,17-,18+/m0/s1. The van der Waals surface area contributed by atoms with Crippen LogP contribution in [0.15, 0.2) is 0 Å². The molecule has 0 bridgehead atoms. The Morgan fingerprint density at radius 1 is 0.719 bits per heavy atom. The summed E-state index contributed by atoms with van der Waals surface area (Å²) in [7, 11) is 0. The monoisotopic (exact) mass is 469 g/mol. The van der Waals surface area contributed by atoms with E-state index in [0.717, 1.165) is 0 Å². The molecule has 2 heterocycles. The number of aliphatic hydroxyl groups is 7. The fourth-order valence-corrected chi connectivity index (χ4v) is 4.27.